The summed E-state index contributed by atoms with van der Waals surface area (Å²) in [7, 11) is 0. The molecular formula is C24H18F3N5O3. The quantitative estimate of drug-likeness (QED) is 0.298. The SMILES string of the molecule is C=C(O)N(C(=O)Nc1cccc(-c2cnco2)c1)c1nc(-c2cccc(C(F)(F)F)c2)ccc1N. The number of alkyl halides is 3. The molecule has 2 aromatic heterocycles. The van der Waals surface area contributed by atoms with Crippen LogP contribution in [-0.2, 0) is 6.18 Å². The summed E-state index contributed by atoms with van der Waals surface area (Å²) in [5.74, 6) is -0.435. The molecule has 0 fully saturated rings. The van der Waals surface area contributed by atoms with Crippen molar-refractivity contribution in [3.8, 4) is 22.6 Å². The highest BCUT2D eigenvalue weighted by Crippen LogP contribution is 2.33. The Balaban J connectivity index is 1.66. The number of benzene rings is 2. The second kappa shape index (κ2) is 9.21. The molecule has 2 aromatic carbocycles. The van der Waals surface area contributed by atoms with Gasteiger partial charge in [-0.1, -0.05) is 24.3 Å². The van der Waals surface area contributed by atoms with Gasteiger partial charge < -0.3 is 20.6 Å². The van der Waals surface area contributed by atoms with E-state index in [1.54, 1.807) is 24.3 Å². The van der Waals surface area contributed by atoms with Crippen molar-refractivity contribution in [3.05, 3.63) is 91.3 Å². The average molecular weight is 481 g/mol. The first-order valence-corrected chi connectivity index (χ1v) is 10.1. The normalized spacial score (nSPS) is 11.2. The van der Waals surface area contributed by atoms with Gasteiger partial charge in [0.2, 0.25) is 0 Å². The van der Waals surface area contributed by atoms with Crippen molar-refractivity contribution in [1.82, 2.24) is 9.97 Å². The maximum absolute atomic E-state index is 13.1. The van der Waals surface area contributed by atoms with Gasteiger partial charge in [0.25, 0.3) is 0 Å². The third-order valence-electron chi connectivity index (χ3n) is 4.89. The van der Waals surface area contributed by atoms with E-state index in [4.69, 9.17) is 10.2 Å². The van der Waals surface area contributed by atoms with Gasteiger partial charge in [0.1, 0.15) is 0 Å². The fourth-order valence-corrected chi connectivity index (χ4v) is 3.28. The van der Waals surface area contributed by atoms with Crippen LogP contribution in [0.5, 0.6) is 0 Å². The van der Waals surface area contributed by atoms with Gasteiger partial charge in [-0.25, -0.2) is 19.7 Å². The van der Waals surface area contributed by atoms with Crippen molar-refractivity contribution in [1.29, 1.82) is 0 Å². The summed E-state index contributed by atoms with van der Waals surface area (Å²) in [4.78, 5) is 21.9. The number of hydrogen-bond donors (Lipinski definition) is 3. The van der Waals surface area contributed by atoms with Gasteiger partial charge in [-0.05, 0) is 43.0 Å². The van der Waals surface area contributed by atoms with E-state index in [-0.39, 0.29) is 22.8 Å². The van der Waals surface area contributed by atoms with Crippen molar-refractivity contribution in [2.24, 2.45) is 0 Å². The van der Waals surface area contributed by atoms with E-state index >= 15 is 0 Å². The number of nitrogens with two attached hydrogens (primary N) is 1. The molecular weight excluding hydrogens is 463 g/mol. The molecule has 11 heteroatoms. The molecule has 2 amide bonds. The van der Waals surface area contributed by atoms with Crippen molar-refractivity contribution in [3.63, 3.8) is 0 Å². The van der Waals surface area contributed by atoms with Crippen LogP contribution in [0.4, 0.5) is 35.2 Å². The van der Waals surface area contributed by atoms with Crippen LogP contribution in [0.15, 0.2) is 90.1 Å². The zero-order valence-corrected chi connectivity index (χ0v) is 18.0. The number of rotatable bonds is 5. The monoisotopic (exact) mass is 481 g/mol. The number of anilines is 3. The van der Waals surface area contributed by atoms with Crippen LogP contribution in [0, 0.1) is 0 Å². The van der Waals surface area contributed by atoms with Gasteiger partial charge in [-0.2, -0.15) is 13.2 Å². The largest absolute Gasteiger partial charge is 0.494 e. The zero-order valence-electron chi connectivity index (χ0n) is 18.0. The van der Waals surface area contributed by atoms with Gasteiger partial charge in [0.05, 0.1) is 23.1 Å². The zero-order chi connectivity index (χ0) is 25.2. The lowest BCUT2D eigenvalue weighted by Gasteiger charge is -2.22. The van der Waals surface area contributed by atoms with Crippen molar-refractivity contribution in [2.75, 3.05) is 16.0 Å². The minimum absolute atomic E-state index is 0.0125. The van der Waals surface area contributed by atoms with E-state index in [1.807, 2.05) is 0 Å². The van der Waals surface area contributed by atoms with Gasteiger partial charge in [-0.15, -0.1) is 0 Å². The maximum atomic E-state index is 13.1. The van der Waals surface area contributed by atoms with Crippen LogP contribution in [0.2, 0.25) is 0 Å². The van der Waals surface area contributed by atoms with Crippen LogP contribution in [0.1, 0.15) is 5.56 Å². The van der Waals surface area contributed by atoms with Crippen LogP contribution in [0.3, 0.4) is 0 Å². The summed E-state index contributed by atoms with van der Waals surface area (Å²) in [5, 5.41) is 12.8. The minimum atomic E-state index is -4.54. The fourth-order valence-electron chi connectivity index (χ4n) is 3.28. The second-order valence-electron chi connectivity index (χ2n) is 7.32. The molecule has 0 aliphatic rings. The first-order valence-electron chi connectivity index (χ1n) is 10.1. The Morgan fingerprint density at radius 2 is 1.83 bits per heavy atom. The number of aliphatic hydroxyl groups excluding tert-OH is 1. The molecule has 0 radical (unpaired) electrons. The fraction of sp³-hybridized carbons (Fsp3) is 0.0417. The molecule has 4 N–H and O–H groups in total. The number of pyridine rings is 1. The number of nitrogens with one attached hydrogen (secondary N) is 1. The number of amides is 2. The first-order chi connectivity index (χ1) is 16.6. The smallest absolute Gasteiger partial charge is 0.416 e. The van der Waals surface area contributed by atoms with Crippen molar-refractivity contribution < 1.29 is 27.5 Å². The molecule has 0 aliphatic heterocycles. The van der Waals surface area contributed by atoms with Crippen LogP contribution >= 0.6 is 0 Å². The third kappa shape index (κ3) is 5.08. The van der Waals surface area contributed by atoms with E-state index in [0.717, 1.165) is 12.1 Å². The summed E-state index contributed by atoms with van der Waals surface area (Å²) < 4.78 is 44.7. The van der Waals surface area contributed by atoms with Gasteiger partial charge in [0, 0.05) is 16.8 Å². The number of carbonyl (C=O) groups is 1. The summed E-state index contributed by atoms with van der Waals surface area (Å²) in [6, 6.07) is 13.1. The average Bonchev–Trinajstić information content (AvgIpc) is 3.35. The van der Waals surface area contributed by atoms with E-state index < -0.39 is 23.7 Å². The molecule has 0 atom stereocenters. The minimum Gasteiger partial charge on any atom is -0.494 e. The highest BCUT2D eigenvalue weighted by molar-refractivity contribution is 6.05. The van der Waals surface area contributed by atoms with Crippen molar-refractivity contribution >= 4 is 23.2 Å². The predicted octanol–water partition coefficient (Wildman–Crippen LogP) is 6.07. The number of nitrogens with zero attached hydrogens (tertiary/aromatic N) is 3. The summed E-state index contributed by atoms with van der Waals surface area (Å²) in [6.07, 6.45) is -1.77. The molecule has 0 saturated heterocycles. The maximum Gasteiger partial charge on any atom is 0.416 e. The van der Waals surface area contributed by atoms with Crippen LogP contribution in [-0.4, -0.2) is 21.1 Å². The van der Waals surface area contributed by atoms with Gasteiger partial charge in [0.15, 0.2) is 23.9 Å². The lowest BCUT2D eigenvalue weighted by molar-refractivity contribution is -0.137. The van der Waals surface area contributed by atoms with E-state index in [1.165, 1.54) is 36.9 Å². The lowest BCUT2D eigenvalue weighted by Crippen LogP contribution is -2.35. The number of nitrogen functional groups attached to an aromatic ring is 1. The number of halogens is 3. The topological polar surface area (TPSA) is 118 Å². The van der Waals surface area contributed by atoms with E-state index in [0.29, 0.717) is 21.9 Å². The first kappa shape index (κ1) is 23.4. The number of urea groups is 1. The molecule has 0 aliphatic carbocycles. The van der Waals surface area contributed by atoms with Crippen molar-refractivity contribution in [2.45, 2.75) is 6.18 Å². The van der Waals surface area contributed by atoms with E-state index in [2.05, 4.69) is 21.9 Å². The van der Waals surface area contributed by atoms with Gasteiger partial charge >= 0.3 is 12.2 Å². The van der Waals surface area contributed by atoms with E-state index in [9.17, 15) is 23.1 Å². The van der Waals surface area contributed by atoms with Crippen LogP contribution < -0.4 is 16.0 Å². The summed E-state index contributed by atoms with van der Waals surface area (Å²) in [6.45, 7) is 3.40. The highest BCUT2D eigenvalue weighted by Gasteiger charge is 2.31. The Kier molecular flexibility index (Phi) is 6.15. The highest BCUT2D eigenvalue weighted by atomic mass is 19.4. The summed E-state index contributed by atoms with van der Waals surface area (Å²) in [5.41, 5.74) is 6.35. The Morgan fingerprint density at radius 3 is 2.51 bits per heavy atom. The third-order valence-corrected chi connectivity index (χ3v) is 4.89. The molecule has 178 valence electrons. The second-order valence-corrected chi connectivity index (χ2v) is 7.32. The molecule has 0 saturated carbocycles. The molecule has 0 bridgehead atoms. The number of carbonyl (C=O) groups excluding carboxylic acids is 1. The predicted molar refractivity (Wildman–Crippen MR) is 124 cm³/mol. The molecule has 35 heavy (non-hydrogen) atoms. The number of aliphatic hydroxyl groups is 1. The number of aromatic nitrogens is 2. The Hall–Kier alpha value is -4.80. The molecule has 4 aromatic rings. The van der Waals surface area contributed by atoms with Crippen LogP contribution in [0.25, 0.3) is 22.6 Å². The lowest BCUT2D eigenvalue weighted by atomic mass is 10.1. The molecule has 8 nitrogen and oxygen atoms in total. The number of hydrogen-bond acceptors (Lipinski definition) is 6. The van der Waals surface area contributed by atoms with Gasteiger partial charge in [-0.3, -0.25) is 0 Å². The number of oxazole rings is 1. The summed E-state index contributed by atoms with van der Waals surface area (Å²) >= 11 is 0. The standard InChI is InChI=1S/C24H18F3N5O3/c1-14(33)32(23(34)30-18-7-3-5-16(11-18)21-12-29-13-35-21)22-19(28)8-9-20(31-22)15-4-2-6-17(10-15)24(25,26)27/h2-13,33H,1,28H2,(H,30,34). The molecule has 2 heterocycles. The molecule has 0 unspecified atom stereocenters. The Morgan fingerprint density at radius 1 is 1.09 bits per heavy atom. The Labute approximate surface area is 197 Å². The molecule has 0 spiro atoms. The molecule has 4 rings (SSSR count). The Bertz CT molecular complexity index is 1390.